The van der Waals surface area contributed by atoms with Gasteiger partial charge in [-0.2, -0.15) is 25.8 Å². The van der Waals surface area contributed by atoms with E-state index < -0.39 is 11.7 Å². The maximum atomic E-state index is 12.1. The van der Waals surface area contributed by atoms with E-state index in [9.17, 15) is 13.2 Å². The van der Waals surface area contributed by atoms with Gasteiger partial charge in [0, 0.05) is 5.75 Å². The van der Waals surface area contributed by atoms with Crippen LogP contribution in [-0.4, -0.2) is 5.75 Å². The molecule has 0 aliphatic carbocycles. The summed E-state index contributed by atoms with van der Waals surface area (Å²) in [6.07, 6.45) is -0.759. The molecule has 4 heteroatoms. The van der Waals surface area contributed by atoms with Gasteiger partial charge in [0.2, 0.25) is 0 Å². The van der Waals surface area contributed by atoms with Crippen molar-refractivity contribution in [2.24, 2.45) is 0 Å². The highest BCUT2D eigenvalue weighted by atomic mass is 32.1. The van der Waals surface area contributed by atoms with E-state index in [1.165, 1.54) is 12.1 Å². The van der Waals surface area contributed by atoms with Crippen molar-refractivity contribution in [2.45, 2.75) is 6.18 Å². The Kier molecular flexibility index (Phi) is 3.63. The number of alkyl halides is 3. The molecule has 0 aliphatic rings. The molecule has 1 aromatic rings. The number of hydrogen-bond donors (Lipinski definition) is 1. The Morgan fingerprint density at radius 1 is 1.14 bits per heavy atom. The normalized spacial score (nSPS) is 12.3. The summed E-state index contributed by atoms with van der Waals surface area (Å²) in [7, 11) is 0. The standard InChI is InChI=1S/C10H9F3S/c11-10(12,13)9-5-3-8(4-6-9)2-1-7-14/h1-6,14H,7H2. The van der Waals surface area contributed by atoms with Crippen LogP contribution in [0, 0.1) is 0 Å². The molecule has 0 nitrogen and oxygen atoms in total. The van der Waals surface area contributed by atoms with E-state index in [1.54, 1.807) is 12.2 Å². The molecule has 0 unspecified atom stereocenters. The molecule has 0 N–H and O–H groups in total. The summed E-state index contributed by atoms with van der Waals surface area (Å²) in [6, 6.07) is 5.00. The van der Waals surface area contributed by atoms with Crippen LogP contribution in [0.15, 0.2) is 30.3 Å². The summed E-state index contributed by atoms with van der Waals surface area (Å²) in [6.45, 7) is 0. The minimum Gasteiger partial charge on any atom is -0.175 e. The highest BCUT2D eigenvalue weighted by Crippen LogP contribution is 2.29. The number of thiol groups is 1. The fraction of sp³-hybridized carbons (Fsp3) is 0.200. The quantitative estimate of drug-likeness (QED) is 0.720. The van der Waals surface area contributed by atoms with Crippen LogP contribution in [-0.2, 0) is 6.18 Å². The second-order valence-electron chi connectivity index (χ2n) is 2.70. The smallest absolute Gasteiger partial charge is 0.175 e. The zero-order chi connectivity index (χ0) is 10.6. The lowest BCUT2D eigenvalue weighted by atomic mass is 10.1. The van der Waals surface area contributed by atoms with Crippen LogP contribution < -0.4 is 0 Å². The van der Waals surface area contributed by atoms with Crippen molar-refractivity contribution in [1.82, 2.24) is 0 Å². The van der Waals surface area contributed by atoms with Crippen molar-refractivity contribution in [2.75, 3.05) is 5.75 Å². The van der Waals surface area contributed by atoms with E-state index >= 15 is 0 Å². The minimum atomic E-state index is -4.26. The molecule has 0 heterocycles. The first-order chi connectivity index (χ1) is 6.54. The van der Waals surface area contributed by atoms with Crippen molar-refractivity contribution in [3.05, 3.63) is 41.5 Å². The topological polar surface area (TPSA) is 0 Å². The zero-order valence-corrected chi connectivity index (χ0v) is 8.15. The fourth-order valence-electron chi connectivity index (χ4n) is 0.972. The van der Waals surface area contributed by atoms with Gasteiger partial charge in [0.1, 0.15) is 0 Å². The van der Waals surface area contributed by atoms with Crippen molar-refractivity contribution < 1.29 is 13.2 Å². The second-order valence-corrected chi connectivity index (χ2v) is 3.07. The molecule has 0 saturated carbocycles. The summed E-state index contributed by atoms with van der Waals surface area (Å²) >= 11 is 3.95. The van der Waals surface area contributed by atoms with Crippen LogP contribution in [0.3, 0.4) is 0 Å². The van der Waals surface area contributed by atoms with Gasteiger partial charge in [0.15, 0.2) is 0 Å². The first-order valence-corrected chi connectivity index (χ1v) is 4.62. The van der Waals surface area contributed by atoms with Crippen LogP contribution >= 0.6 is 12.6 Å². The molecule has 0 aromatic heterocycles. The predicted octanol–water partition coefficient (Wildman–Crippen LogP) is 3.65. The van der Waals surface area contributed by atoms with Gasteiger partial charge in [0.05, 0.1) is 5.56 Å². The van der Waals surface area contributed by atoms with Crippen LogP contribution in [0.5, 0.6) is 0 Å². The molecule has 0 fully saturated rings. The van der Waals surface area contributed by atoms with Crippen LogP contribution in [0.2, 0.25) is 0 Å². The van der Waals surface area contributed by atoms with E-state index in [0.29, 0.717) is 5.75 Å². The molecule has 1 aromatic carbocycles. The molecule has 0 atom stereocenters. The highest BCUT2D eigenvalue weighted by molar-refractivity contribution is 7.80. The molecular formula is C10H9F3S. The number of hydrogen-bond acceptors (Lipinski definition) is 1. The van der Waals surface area contributed by atoms with Gasteiger partial charge in [-0.05, 0) is 17.7 Å². The Labute approximate surface area is 85.9 Å². The first kappa shape index (κ1) is 11.2. The summed E-state index contributed by atoms with van der Waals surface area (Å²) < 4.78 is 36.4. The number of rotatable bonds is 2. The van der Waals surface area contributed by atoms with Crippen LogP contribution in [0.4, 0.5) is 13.2 Å². The summed E-state index contributed by atoms with van der Waals surface area (Å²) in [4.78, 5) is 0. The Morgan fingerprint density at radius 2 is 1.71 bits per heavy atom. The first-order valence-electron chi connectivity index (χ1n) is 3.98. The Morgan fingerprint density at radius 3 is 2.14 bits per heavy atom. The SMILES string of the molecule is FC(F)(F)c1ccc(C=CCS)cc1. The van der Waals surface area contributed by atoms with Gasteiger partial charge < -0.3 is 0 Å². The number of halogens is 3. The van der Waals surface area contributed by atoms with Gasteiger partial charge in [-0.3, -0.25) is 0 Å². The van der Waals surface area contributed by atoms with Crippen molar-refractivity contribution in [1.29, 1.82) is 0 Å². The average Bonchev–Trinajstić information content (AvgIpc) is 2.14. The van der Waals surface area contributed by atoms with E-state index in [4.69, 9.17) is 0 Å². The third-order valence-corrected chi connectivity index (χ3v) is 1.86. The van der Waals surface area contributed by atoms with Gasteiger partial charge in [-0.1, -0.05) is 24.3 Å². The van der Waals surface area contributed by atoms with E-state index in [2.05, 4.69) is 12.6 Å². The van der Waals surface area contributed by atoms with E-state index in [0.717, 1.165) is 17.7 Å². The average molecular weight is 218 g/mol. The predicted molar refractivity (Wildman–Crippen MR) is 54.3 cm³/mol. The van der Waals surface area contributed by atoms with Gasteiger partial charge in [-0.25, -0.2) is 0 Å². The summed E-state index contributed by atoms with van der Waals surface area (Å²) in [5.41, 5.74) is 0.118. The monoisotopic (exact) mass is 218 g/mol. The summed E-state index contributed by atoms with van der Waals surface area (Å²) in [5, 5.41) is 0. The highest BCUT2D eigenvalue weighted by Gasteiger charge is 2.29. The molecule has 0 saturated heterocycles. The van der Waals surface area contributed by atoms with Gasteiger partial charge in [-0.15, -0.1) is 0 Å². The lowest BCUT2D eigenvalue weighted by molar-refractivity contribution is -0.137. The molecule has 0 radical (unpaired) electrons. The minimum absolute atomic E-state index is 0.570. The lowest BCUT2D eigenvalue weighted by Gasteiger charge is -2.05. The Hall–Kier alpha value is -0.900. The van der Waals surface area contributed by atoms with Crippen molar-refractivity contribution in [3.8, 4) is 0 Å². The number of benzene rings is 1. The molecule has 14 heavy (non-hydrogen) atoms. The van der Waals surface area contributed by atoms with Crippen molar-refractivity contribution >= 4 is 18.7 Å². The maximum Gasteiger partial charge on any atom is 0.416 e. The molecule has 1 rings (SSSR count). The van der Waals surface area contributed by atoms with Crippen molar-refractivity contribution in [3.63, 3.8) is 0 Å². The molecule has 76 valence electrons. The molecule has 0 bridgehead atoms. The van der Waals surface area contributed by atoms with E-state index in [1.807, 2.05) is 0 Å². The van der Waals surface area contributed by atoms with E-state index in [-0.39, 0.29) is 0 Å². The third kappa shape index (κ3) is 3.10. The Bertz CT molecular complexity index is 311. The van der Waals surface area contributed by atoms with Crippen LogP contribution in [0.1, 0.15) is 11.1 Å². The van der Waals surface area contributed by atoms with Gasteiger partial charge >= 0.3 is 6.18 Å². The molecular weight excluding hydrogens is 209 g/mol. The van der Waals surface area contributed by atoms with Gasteiger partial charge in [0.25, 0.3) is 0 Å². The Balaban J connectivity index is 2.84. The third-order valence-electron chi connectivity index (χ3n) is 1.65. The maximum absolute atomic E-state index is 12.1. The molecule has 0 spiro atoms. The second kappa shape index (κ2) is 4.55. The molecule has 0 aliphatic heterocycles. The fourth-order valence-corrected chi connectivity index (χ4v) is 1.08. The lowest BCUT2D eigenvalue weighted by Crippen LogP contribution is -2.03. The molecule has 0 amide bonds. The van der Waals surface area contributed by atoms with Crippen LogP contribution in [0.25, 0.3) is 6.08 Å². The largest absolute Gasteiger partial charge is 0.416 e. The zero-order valence-electron chi connectivity index (χ0n) is 7.25. The summed E-state index contributed by atoms with van der Waals surface area (Å²) in [5.74, 6) is 0.570.